The minimum atomic E-state index is -0.592. The molecule has 3 atom stereocenters. The Labute approximate surface area is 207 Å². The molecule has 0 bridgehead atoms. The van der Waals surface area contributed by atoms with Crippen molar-refractivity contribution in [3.63, 3.8) is 0 Å². The smallest absolute Gasteiger partial charge is 0.296 e. The van der Waals surface area contributed by atoms with Crippen LogP contribution in [-0.4, -0.2) is 36.5 Å². The molecule has 3 aromatic rings. The third-order valence-corrected chi connectivity index (χ3v) is 8.08. The molecule has 2 aliphatic heterocycles. The van der Waals surface area contributed by atoms with Crippen molar-refractivity contribution in [3.8, 4) is 11.5 Å². The molecular weight excluding hydrogens is 464 g/mol. The van der Waals surface area contributed by atoms with Crippen LogP contribution < -0.4 is 14.4 Å². The third kappa shape index (κ3) is 3.58. The maximum Gasteiger partial charge on any atom is 0.296 e. The highest BCUT2D eigenvalue weighted by atomic mass is 32.1. The maximum atomic E-state index is 13.8. The van der Waals surface area contributed by atoms with Gasteiger partial charge in [0.25, 0.3) is 5.91 Å². The van der Waals surface area contributed by atoms with Crippen LogP contribution in [0.5, 0.6) is 11.5 Å². The van der Waals surface area contributed by atoms with E-state index in [9.17, 15) is 9.59 Å². The first kappa shape index (κ1) is 22.1. The van der Waals surface area contributed by atoms with Crippen molar-refractivity contribution in [2.45, 2.75) is 44.8 Å². The Balaban J connectivity index is 1.47. The minimum absolute atomic E-state index is 0.0346. The number of anilines is 1. The van der Waals surface area contributed by atoms with Gasteiger partial charge in [0.1, 0.15) is 17.6 Å². The highest BCUT2D eigenvalue weighted by Crippen LogP contribution is 2.49. The Morgan fingerprint density at radius 3 is 2.63 bits per heavy atom. The van der Waals surface area contributed by atoms with Gasteiger partial charge >= 0.3 is 0 Å². The fraction of sp³-hybridized carbons (Fsp3) is 0.370. The number of ketones is 1. The number of Topliss-reactive ketones (excluding diaryl/α,β-unsaturated/α-hetero) is 1. The Morgan fingerprint density at radius 1 is 1.09 bits per heavy atom. The van der Waals surface area contributed by atoms with E-state index in [1.807, 2.05) is 49.4 Å². The van der Waals surface area contributed by atoms with Crippen molar-refractivity contribution in [2.24, 2.45) is 5.92 Å². The molecule has 7 nitrogen and oxygen atoms in total. The van der Waals surface area contributed by atoms with E-state index >= 15 is 0 Å². The quantitative estimate of drug-likeness (QED) is 0.489. The van der Waals surface area contributed by atoms with E-state index in [0.717, 1.165) is 47.2 Å². The summed E-state index contributed by atoms with van der Waals surface area (Å²) in [6.07, 6.45) is 3.39. The van der Waals surface area contributed by atoms with Crippen LogP contribution in [0.3, 0.4) is 0 Å². The first-order chi connectivity index (χ1) is 17.1. The molecule has 1 aromatic heterocycles. The second-order valence-corrected chi connectivity index (χ2v) is 10.1. The number of hydrogen-bond acceptors (Lipinski definition) is 7. The average molecular weight is 491 g/mol. The van der Waals surface area contributed by atoms with Crippen molar-refractivity contribution in [1.29, 1.82) is 0 Å². The molecule has 1 amide bonds. The topological polar surface area (TPSA) is 78.0 Å². The zero-order chi connectivity index (χ0) is 24.1. The minimum Gasteiger partial charge on any atom is -0.497 e. The summed E-state index contributed by atoms with van der Waals surface area (Å²) in [5.74, 6) is 1.19. The van der Waals surface area contributed by atoms with Gasteiger partial charge in [-0.1, -0.05) is 29.9 Å². The summed E-state index contributed by atoms with van der Waals surface area (Å²) in [5, 5.41) is 0.535. The molecule has 1 fully saturated rings. The SMILES string of the molecule is CCOc1ccc2nc(N3C(=O)C4=C(C(=O)C5CCCCC5O4)C3c3ccc(OC)cc3)sc2c1. The molecule has 1 saturated carbocycles. The molecule has 1 aliphatic carbocycles. The van der Waals surface area contributed by atoms with Crippen molar-refractivity contribution in [3.05, 3.63) is 59.4 Å². The highest BCUT2D eigenvalue weighted by Gasteiger charge is 2.53. The molecular formula is C27H26N2O5S. The monoisotopic (exact) mass is 490 g/mol. The number of benzene rings is 2. The van der Waals surface area contributed by atoms with Gasteiger partial charge in [0.05, 0.1) is 41.5 Å². The lowest BCUT2D eigenvalue weighted by atomic mass is 9.77. The lowest BCUT2D eigenvalue weighted by Gasteiger charge is -2.35. The molecule has 3 aliphatic rings. The van der Waals surface area contributed by atoms with Crippen LogP contribution >= 0.6 is 11.3 Å². The Morgan fingerprint density at radius 2 is 1.86 bits per heavy atom. The summed E-state index contributed by atoms with van der Waals surface area (Å²) in [7, 11) is 1.61. The van der Waals surface area contributed by atoms with Gasteiger partial charge in [-0.3, -0.25) is 14.5 Å². The summed E-state index contributed by atoms with van der Waals surface area (Å²) >= 11 is 1.41. The number of carbonyl (C=O) groups excluding carboxylic acids is 2. The van der Waals surface area contributed by atoms with Crippen LogP contribution in [0.25, 0.3) is 10.2 Å². The Bertz CT molecular complexity index is 1350. The van der Waals surface area contributed by atoms with E-state index in [-0.39, 0.29) is 29.5 Å². The van der Waals surface area contributed by atoms with E-state index in [1.165, 1.54) is 11.3 Å². The van der Waals surface area contributed by atoms with Crippen LogP contribution in [0, 0.1) is 5.92 Å². The Hall–Kier alpha value is -3.39. The number of carbonyl (C=O) groups is 2. The van der Waals surface area contributed by atoms with Gasteiger partial charge in [0.15, 0.2) is 16.7 Å². The van der Waals surface area contributed by atoms with E-state index in [0.29, 0.717) is 23.1 Å². The number of amides is 1. The second-order valence-electron chi connectivity index (χ2n) is 9.06. The highest BCUT2D eigenvalue weighted by molar-refractivity contribution is 7.22. The van der Waals surface area contributed by atoms with Gasteiger partial charge in [-0.05, 0) is 62.1 Å². The van der Waals surface area contributed by atoms with E-state index in [1.54, 1.807) is 12.0 Å². The fourth-order valence-electron chi connectivity index (χ4n) is 5.40. The average Bonchev–Trinajstić information content (AvgIpc) is 3.43. The molecule has 0 N–H and O–H groups in total. The number of hydrogen-bond donors (Lipinski definition) is 0. The largest absolute Gasteiger partial charge is 0.497 e. The summed E-state index contributed by atoms with van der Waals surface area (Å²) in [6, 6.07) is 12.6. The van der Waals surface area contributed by atoms with E-state index in [2.05, 4.69) is 0 Å². The zero-order valence-corrected chi connectivity index (χ0v) is 20.5. The molecule has 8 heteroatoms. The third-order valence-electron chi connectivity index (χ3n) is 7.06. The van der Waals surface area contributed by atoms with Gasteiger partial charge < -0.3 is 14.2 Å². The first-order valence-corrected chi connectivity index (χ1v) is 12.9. The number of nitrogens with zero attached hydrogens (tertiary/aromatic N) is 2. The lowest BCUT2D eigenvalue weighted by Crippen LogP contribution is -2.39. The molecule has 180 valence electrons. The standard InChI is InChI=1S/C27H26N2O5S/c1-3-33-17-12-13-19-21(14-17)35-27(28-19)29-23(15-8-10-16(32-2)11-9-15)22-24(30)18-6-4-5-7-20(18)34-25(22)26(29)31/h8-14,18,20,23H,3-7H2,1-2H3. The first-order valence-electron chi connectivity index (χ1n) is 12.0. The van der Waals surface area contributed by atoms with E-state index < -0.39 is 6.04 Å². The number of rotatable bonds is 5. The van der Waals surface area contributed by atoms with Gasteiger partial charge in [-0.15, -0.1) is 0 Å². The summed E-state index contributed by atoms with van der Waals surface area (Å²) in [6.45, 7) is 2.51. The number of fused-ring (bicyclic) bond motifs is 2. The van der Waals surface area contributed by atoms with Gasteiger partial charge in [0.2, 0.25) is 0 Å². The predicted octanol–water partition coefficient (Wildman–Crippen LogP) is 5.20. The number of thiazole rings is 1. The van der Waals surface area contributed by atoms with Crippen molar-refractivity contribution in [1.82, 2.24) is 4.98 Å². The van der Waals surface area contributed by atoms with Gasteiger partial charge in [-0.25, -0.2) is 4.98 Å². The molecule has 0 saturated heterocycles. The molecule has 6 rings (SSSR count). The molecule has 35 heavy (non-hydrogen) atoms. The molecule has 0 spiro atoms. The molecule has 2 aromatic carbocycles. The summed E-state index contributed by atoms with van der Waals surface area (Å²) < 4.78 is 18.2. The number of methoxy groups -OCH3 is 1. The van der Waals surface area contributed by atoms with Gasteiger partial charge in [0, 0.05) is 0 Å². The number of ether oxygens (including phenoxy) is 3. The molecule has 3 unspecified atom stereocenters. The van der Waals surface area contributed by atoms with Gasteiger partial charge in [-0.2, -0.15) is 0 Å². The fourth-order valence-corrected chi connectivity index (χ4v) is 6.42. The summed E-state index contributed by atoms with van der Waals surface area (Å²) in [5.41, 5.74) is 2.06. The van der Waals surface area contributed by atoms with Crippen molar-refractivity contribution >= 4 is 38.4 Å². The van der Waals surface area contributed by atoms with Crippen molar-refractivity contribution in [2.75, 3.05) is 18.6 Å². The summed E-state index contributed by atoms with van der Waals surface area (Å²) in [4.78, 5) is 34.0. The van der Waals surface area contributed by atoms with Crippen LogP contribution in [-0.2, 0) is 14.3 Å². The van der Waals surface area contributed by atoms with Crippen LogP contribution in [0.15, 0.2) is 53.8 Å². The van der Waals surface area contributed by atoms with Crippen LogP contribution in [0.2, 0.25) is 0 Å². The second kappa shape index (κ2) is 8.68. The van der Waals surface area contributed by atoms with Crippen LogP contribution in [0.1, 0.15) is 44.2 Å². The maximum absolute atomic E-state index is 13.8. The van der Waals surface area contributed by atoms with Crippen LogP contribution in [0.4, 0.5) is 5.13 Å². The predicted molar refractivity (Wildman–Crippen MR) is 133 cm³/mol. The Kier molecular flexibility index (Phi) is 5.48. The lowest BCUT2D eigenvalue weighted by molar-refractivity contribution is -0.131. The number of aromatic nitrogens is 1. The molecule has 3 heterocycles. The molecule has 0 radical (unpaired) electrons. The van der Waals surface area contributed by atoms with Crippen molar-refractivity contribution < 1.29 is 23.8 Å². The van der Waals surface area contributed by atoms with E-state index in [4.69, 9.17) is 19.2 Å². The normalized spacial score (nSPS) is 23.8. The zero-order valence-electron chi connectivity index (χ0n) is 19.7.